The monoisotopic (exact) mass is 828 g/mol. The van der Waals surface area contributed by atoms with E-state index in [1.165, 1.54) is 130 Å². The van der Waals surface area contributed by atoms with Crippen molar-refractivity contribution in [3.05, 3.63) is 0 Å². The number of aliphatic hydroxyl groups is 3. The smallest absolute Gasteiger partial charge is 0.303 e. The van der Waals surface area contributed by atoms with Crippen LogP contribution in [0.2, 0.25) is 0 Å². The molecule has 1 rings (SSSR count). The van der Waals surface area contributed by atoms with Gasteiger partial charge in [-0.2, -0.15) is 0 Å². The standard InChI is InChI=1S/C45H85N3O10/c1-5-7-9-11-13-15-17-19-21-23-25-27-29-35(30-28-26-24-22-20-18-16-14-12-10-8-6-2)42(54)48-37(33-57-45-41(53)40(52)39(51)34(3)58-45)44(56)47-36(43(55)46-4)31-32-38(49)50/h34-37,39-41,45,51-53H,5-33H2,1-4H3,(H,46,55)(H,47,56)(H,48,54)(H,49,50)/t34-,36-,37-,39+,40+,41-,45+/m0/s1. The molecule has 13 nitrogen and oxygen atoms in total. The first-order chi connectivity index (χ1) is 28.0. The van der Waals surface area contributed by atoms with Crippen LogP contribution in [0.5, 0.6) is 0 Å². The molecule has 0 aliphatic carbocycles. The van der Waals surface area contributed by atoms with Gasteiger partial charge in [-0.3, -0.25) is 19.2 Å². The largest absolute Gasteiger partial charge is 0.481 e. The van der Waals surface area contributed by atoms with Crippen molar-refractivity contribution < 1.29 is 49.1 Å². The zero-order valence-corrected chi connectivity index (χ0v) is 36.9. The number of amides is 3. The highest BCUT2D eigenvalue weighted by Gasteiger charge is 2.43. The number of ether oxygens (including phenoxy) is 2. The summed E-state index contributed by atoms with van der Waals surface area (Å²) in [5.74, 6) is -3.15. The summed E-state index contributed by atoms with van der Waals surface area (Å²) in [5, 5.41) is 48.1. The molecule has 0 spiro atoms. The third-order valence-corrected chi connectivity index (χ3v) is 11.6. The normalized spacial score (nSPS) is 20.4. The summed E-state index contributed by atoms with van der Waals surface area (Å²) < 4.78 is 11.3. The number of aliphatic carboxylic acids is 1. The Hall–Kier alpha value is -2.32. The van der Waals surface area contributed by atoms with Gasteiger partial charge in [-0.15, -0.1) is 0 Å². The van der Waals surface area contributed by atoms with Crippen LogP contribution in [-0.2, 0) is 28.7 Å². The summed E-state index contributed by atoms with van der Waals surface area (Å²) in [4.78, 5) is 51.7. The molecule has 7 N–H and O–H groups in total. The second kappa shape index (κ2) is 34.4. The third kappa shape index (κ3) is 24.7. The molecule has 0 bridgehead atoms. The number of nitrogens with one attached hydrogen (secondary N) is 3. The van der Waals surface area contributed by atoms with Crippen molar-refractivity contribution in [2.75, 3.05) is 13.7 Å². The molecule has 0 aromatic rings. The minimum absolute atomic E-state index is 0.172. The van der Waals surface area contributed by atoms with Crippen LogP contribution in [0.3, 0.4) is 0 Å². The molecular weight excluding hydrogens is 743 g/mol. The van der Waals surface area contributed by atoms with Gasteiger partial charge in [0.1, 0.15) is 30.4 Å². The minimum Gasteiger partial charge on any atom is -0.481 e. The zero-order valence-electron chi connectivity index (χ0n) is 36.9. The fourth-order valence-corrected chi connectivity index (χ4v) is 7.67. The SMILES string of the molecule is CCCCCCCCCCCCCCC(CCCCCCCCCCCCCC)C(=O)N[C@@H](CO[C@@H]1O[C@@H](C)[C@@H](O)[C@@H](O)[C@@H]1O)C(=O)N[C@@H](CCC(=O)O)C(=O)NC. The van der Waals surface area contributed by atoms with Gasteiger partial charge in [0.05, 0.1) is 12.7 Å². The van der Waals surface area contributed by atoms with Gasteiger partial charge in [0.2, 0.25) is 17.7 Å². The Morgan fingerprint density at radius 1 is 0.552 bits per heavy atom. The quantitative estimate of drug-likeness (QED) is 0.0314. The molecule has 1 fully saturated rings. The molecule has 1 aliphatic rings. The Labute approximate surface area is 350 Å². The second-order valence-electron chi connectivity index (χ2n) is 16.7. The molecule has 0 saturated carbocycles. The maximum atomic E-state index is 14.0. The van der Waals surface area contributed by atoms with Gasteiger partial charge < -0.3 is 45.9 Å². The summed E-state index contributed by atoms with van der Waals surface area (Å²) in [6.07, 6.45) is 23.1. The van der Waals surface area contributed by atoms with Gasteiger partial charge in [0.25, 0.3) is 0 Å². The van der Waals surface area contributed by atoms with Crippen molar-refractivity contribution in [1.82, 2.24) is 16.0 Å². The number of carbonyl (C=O) groups excluding carboxylic acids is 3. The van der Waals surface area contributed by atoms with E-state index in [1.54, 1.807) is 0 Å². The van der Waals surface area contributed by atoms with E-state index in [0.717, 1.165) is 38.5 Å². The molecule has 1 saturated heterocycles. The number of carboxylic acids is 1. The summed E-state index contributed by atoms with van der Waals surface area (Å²) in [7, 11) is 1.38. The first-order valence-corrected chi connectivity index (χ1v) is 23.3. The van der Waals surface area contributed by atoms with E-state index in [-0.39, 0.29) is 24.7 Å². The van der Waals surface area contributed by atoms with Crippen LogP contribution in [0, 0.1) is 5.92 Å². The predicted molar refractivity (Wildman–Crippen MR) is 228 cm³/mol. The number of carbonyl (C=O) groups is 4. The van der Waals surface area contributed by atoms with Gasteiger partial charge in [0.15, 0.2) is 6.29 Å². The average molecular weight is 828 g/mol. The Kier molecular flexibility index (Phi) is 31.8. The van der Waals surface area contributed by atoms with Crippen LogP contribution in [-0.4, -0.2) is 101 Å². The van der Waals surface area contributed by atoms with Gasteiger partial charge in [0, 0.05) is 19.4 Å². The van der Waals surface area contributed by atoms with Crippen LogP contribution in [0.1, 0.15) is 201 Å². The molecule has 7 atom stereocenters. The molecule has 0 unspecified atom stereocenters. The number of aliphatic hydroxyl groups excluding tert-OH is 3. The van der Waals surface area contributed by atoms with Crippen LogP contribution in [0.4, 0.5) is 0 Å². The molecule has 13 heteroatoms. The van der Waals surface area contributed by atoms with Gasteiger partial charge >= 0.3 is 5.97 Å². The van der Waals surface area contributed by atoms with Gasteiger partial charge in [-0.25, -0.2) is 0 Å². The van der Waals surface area contributed by atoms with Crippen LogP contribution < -0.4 is 16.0 Å². The molecule has 0 aromatic heterocycles. The number of hydrogen-bond donors (Lipinski definition) is 7. The highest BCUT2D eigenvalue weighted by atomic mass is 16.7. The zero-order chi connectivity index (χ0) is 43.0. The van der Waals surface area contributed by atoms with Crippen LogP contribution in [0.15, 0.2) is 0 Å². The van der Waals surface area contributed by atoms with Crippen molar-refractivity contribution in [3.8, 4) is 0 Å². The maximum Gasteiger partial charge on any atom is 0.303 e. The Balaban J connectivity index is 2.93. The van der Waals surface area contributed by atoms with Crippen LogP contribution >= 0.6 is 0 Å². The highest BCUT2D eigenvalue weighted by Crippen LogP contribution is 2.23. The van der Waals surface area contributed by atoms with Crippen molar-refractivity contribution >= 4 is 23.7 Å². The highest BCUT2D eigenvalue weighted by molar-refractivity contribution is 5.92. The van der Waals surface area contributed by atoms with E-state index in [1.807, 2.05) is 0 Å². The average Bonchev–Trinajstić information content (AvgIpc) is 3.21. The first kappa shape index (κ1) is 53.7. The lowest BCUT2D eigenvalue weighted by Gasteiger charge is -2.39. The molecular formula is C45H85N3O10. The molecule has 0 aromatic carbocycles. The van der Waals surface area contributed by atoms with Gasteiger partial charge in [-0.1, -0.05) is 168 Å². The lowest BCUT2D eigenvalue weighted by atomic mass is 9.92. The molecule has 1 heterocycles. The fourth-order valence-electron chi connectivity index (χ4n) is 7.67. The maximum absolute atomic E-state index is 14.0. The number of unbranched alkanes of at least 4 members (excludes halogenated alkanes) is 22. The Bertz CT molecular complexity index is 1050. The summed E-state index contributed by atoms with van der Waals surface area (Å²) in [5.41, 5.74) is 0. The lowest BCUT2D eigenvalue weighted by molar-refractivity contribution is -0.293. The van der Waals surface area contributed by atoms with Crippen molar-refractivity contribution in [2.45, 2.75) is 243 Å². The topological polar surface area (TPSA) is 204 Å². The first-order valence-electron chi connectivity index (χ1n) is 23.3. The number of rotatable bonds is 37. The van der Waals surface area contributed by atoms with E-state index in [4.69, 9.17) is 9.47 Å². The summed E-state index contributed by atoms with van der Waals surface area (Å²) in [6, 6.07) is -2.51. The molecule has 58 heavy (non-hydrogen) atoms. The molecule has 3 amide bonds. The molecule has 1 aliphatic heterocycles. The second-order valence-corrected chi connectivity index (χ2v) is 16.7. The van der Waals surface area contributed by atoms with E-state index >= 15 is 0 Å². The van der Waals surface area contributed by atoms with E-state index in [2.05, 4.69) is 29.8 Å². The number of hydrogen-bond acceptors (Lipinski definition) is 9. The van der Waals surface area contributed by atoms with E-state index < -0.39 is 67.2 Å². The predicted octanol–water partition coefficient (Wildman–Crippen LogP) is 7.21. The van der Waals surface area contributed by atoms with Crippen molar-refractivity contribution in [1.29, 1.82) is 0 Å². The number of likely N-dealkylation sites (N-methyl/N-ethyl adjacent to an activating group) is 1. The molecule has 340 valence electrons. The lowest BCUT2D eigenvalue weighted by Crippen LogP contribution is -2.59. The van der Waals surface area contributed by atoms with E-state index in [0.29, 0.717) is 12.8 Å². The van der Waals surface area contributed by atoms with Crippen LogP contribution in [0.25, 0.3) is 0 Å². The van der Waals surface area contributed by atoms with Crippen molar-refractivity contribution in [3.63, 3.8) is 0 Å². The minimum atomic E-state index is -1.62. The van der Waals surface area contributed by atoms with Crippen molar-refractivity contribution in [2.24, 2.45) is 5.92 Å². The summed E-state index contributed by atoms with van der Waals surface area (Å²) >= 11 is 0. The Morgan fingerprint density at radius 3 is 1.38 bits per heavy atom. The van der Waals surface area contributed by atoms with Gasteiger partial charge in [-0.05, 0) is 26.2 Å². The fraction of sp³-hybridized carbons (Fsp3) is 0.911. The third-order valence-electron chi connectivity index (χ3n) is 11.6. The molecule has 0 radical (unpaired) electrons. The van der Waals surface area contributed by atoms with E-state index in [9.17, 15) is 39.6 Å². The number of carboxylic acid groups (broad SMARTS) is 1. The Morgan fingerprint density at radius 2 is 0.966 bits per heavy atom. The summed E-state index contributed by atoms with van der Waals surface area (Å²) in [6.45, 7) is 5.51.